The van der Waals surface area contributed by atoms with Crippen molar-refractivity contribution in [2.24, 2.45) is 0 Å². The Morgan fingerprint density at radius 3 is 2.75 bits per heavy atom. The van der Waals surface area contributed by atoms with Crippen LogP contribution in [0.5, 0.6) is 0 Å². The van der Waals surface area contributed by atoms with Crippen LogP contribution in [-0.4, -0.2) is 22.0 Å². The minimum absolute atomic E-state index is 0.125. The molecule has 0 saturated heterocycles. The summed E-state index contributed by atoms with van der Waals surface area (Å²) in [5, 5.41) is 14.1. The lowest BCUT2D eigenvalue weighted by atomic mass is 10.0. The Hall–Kier alpha value is -1.68. The Bertz CT molecular complexity index is 396. The van der Waals surface area contributed by atoms with Crippen LogP contribution in [0.2, 0.25) is 0 Å². The maximum Gasteiger partial charge on any atom is 0.104 e. The maximum absolute atomic E-state index is 4.15. The smallest absolute Gasteiger partial charge is 0.104 e. The molecule has 0 saturated carbocycles. The van der Waals surface area contributed by atoms with E-state index in [0.717, 1.165) is 18.7 Å². The number of aromatic nitrogens is 3. The lowest BCUT2D eigenvalue weighted by Crippen LogP contribution is -2.23. The van der Waals surface area contributed by atoms with Gasteiger partial charge in [0.25, 0.3) is 0 Å². The van der Waals surface area contributed by atoms with Crippen molar-refractivity contribution >= 4 is 0 Å². The van der Waals surface area contributed by atoms with Crippen LogP contribution < -0.4 is 5.32 Å². The van der Waals surface area contributed by atoms with Crippen molar-refractivity contribution in [3.63, 3.8) is 0 Å². The summed E-state index contributed by atoms with van der Waals surface area (Å²) in [6, 6.07) is 10.4. The van der Waals surface area contributed by atoms with E-state index in [2.05, 4.69) is 39.8 Å². The number of H-pyrrole nitrogens is 1. The van der Waals surface area contributed by atoms with Gasteiger partial charge in [-0.25, -0.2) is 0 Å². The van der Waals surface area contributed by atoms with Gasteiger partial charge in [-0.05, 0) is 18.5 Å². The molecule has 2 aromatic rings. The first-order valence-electron chi connectivity index (χ1n) is 5.56. The fourth-order valence-corrected chi connectivity index (χ4v) is 1.68. The van der Waals surface area contributed by atoms with Crippen molar-refractivity contribution in [1.29, 1.82) is 0 Å². The third-order valence-corrected chi connectivity index (χ3v) is 2.46. The molecule has 4 nitrogen and oxygen atoms in total. The van der Waals surface area contributed by atoms with Crippen LogP contribution in [0.25, 0.3) is 0 Å². The van der Waals surface area contributed by atoms with E-state index in [1.54, 1.807) is 6.20 Å². The largest absolute Gasteiger partial charge is 0.305 e. The molecule has 0 aliphatic heterocycles. The van der Waals surface area contributed by atoms with Gasteiger partial charge >= 0.3 is 0 Å². The van der Waals surface area contributed by atoms with Gasteiger partial charge in [-0.3, -0.25) is 0 Å². The van der Waals surface area contributed by atoms with Crippen LogP contribution in [0, 0.1) is 0 Å². The Labute approximate surface area is 95.1 Å². The molecule has 1 atom stereocenters. The molecule has 0 fully saturated rings. The van der Waals surface area contributed by atoms with Crippen LogP contribution in [0.3, 0.4) is 0 Å². The fourth-order valence-electron chi connectivity index (χ4n) is 1.68. The van der Waals surface area contributed by atoms with Gasteiger partial charge in [0.15, 0.2) is 0 Å². The van der Waals surface area contributed by atoms with E-state index in [1.165, 1.54) is 5.56 Å². The van der Waals surface area contributed by atoms with Crippen molar-refractivity contribution in [1.82, 2.24) is 20.7 Å². The summed E-state index contributed by atoms with van der Waals surface area (Å²) >= 11 is 0. The molecule has 1 aromatic heterocycles. The second kappa shape index (κ2) is 5.42. The quantitative estimate of drug-likeness (QED) is 0.802. The highest BCUT2D eigenvalue weighted by molar-refractivity contribution is 5.25. The molecule has 0 bridgehead atoms. The predicted octanol–water partition coefficient (Wildman–Crippen LogP) is 1.89. The molecule has 1 aromatic carbocycles. The van der Waals surface area contributed by atoms with Crippen LogP contribution in [0.15, 0.2) is 36.5 Å². The van der Waals surface area contributed by atoms with E-state index < -0.39 is 0 Å². The van der Waals surface area contributed by atoms with Crippen LogP contribution in [0.4, 0.5) is 0 Å². The molecule has 0 amide bonds. The first kappa shape index (κ1) is 10.8. The van der Waals surface area contributed by atoms with Crippen LogP contribution in [-0.2, 0) is 0 Å². The molecule has 0 radical (unpaired) electrons. The van der Waals surface area contributed by atoms with E-state index in [-0.39, 0.29) is 6.04 Å². The summed E-state index contributed by atoms with van der Waals surface area (Å²) in [5.74, 6) is 0. The summed E-state index contributed by atoms with van der Waals surface area (Å²) < 4.78 is 0. The van der Waals surface area contributed by atoms with Gasteiger partial charge in [-0.2, -0.15) is 15.4 Å². The molecule has 2 rings (SSSR count). The minimum Gasteiger partial charge on any atom is -0.305 e. The first-order chi connectivity index (χ1) is 7.92. The Balaban J connectivity index is 2.21. The van der Waals surface area contributed by atoms with Gasteiger partial charge in [0, 0.05) is 0 Å². The molecule has 1 unspecified atom stereocenters. The lowest BCUT2D eigenvalue weighted by Gasteiger charge is -2.16. The van der Waals surface area contributed by atoms with Gasteiger partial charge in [-0.1, -0.05) is 37.3 Å². The van der Waals surface area contributed by atoms with Crippen molar-refractivity contribution < 1.29 is 0 Å². The summed E-state index contributed by atoms with van der Waals surface area (Å²) in [6.45, 7) is 3.12. The highest BCUT2D eigenvalue weighted by atomic mass is 15.3. The van der Waals surface area contributed by atoms with Crippen molar-refractivity contribution in [3.05, 3.63) is 47.8 Å². The number of rotatable bonds is 5. The SMILES string of the molecule is CCCNC(c1ccccc1)c1cn[nH]n1. The average molecular weight is 216 g/mol. The lowest BCUT2D eigenvalue weighted by molar-refractivity contribution is 0.585. The minimum atomic E-state index is 0.125. The van der Waals surface area contributed by atoms with E-state index >= 15 is 0 Å². The van der Waals surface area contributed by atoms with Gasteiger partial charge in [0.05, 0.1) is 12.2 Å². The number of aromatic amines is 1. The van der Waals surface area contributed by atoms with Crippen molar-refractivity contribution in [3.8, 4) is 0 Å². The summed E-state index contributed by atoms with van der Waals surface area (Å²) in [4.78, 5) is 0. The van der Waals surface area contributed by atoms with E-state index in [9.17, 15) is 0 Å². The maximum atomic E-state index is 4.15. The molecular formula is C12H16N4. The van der Waals surface area contributed by atoms with Gasteiger partial charge in [0.1, 0.15) is 5.69 Å². The summed E-state index contributed by atoms with van der Waals surface area (Å²) in [5.41, 5.74) is 2.14. The third-order valence-electron chi connectivity index (χ3n) is 2.46. The van der Waals surface area contributed by atoms with E-state index in [4.69, 9.17) is 0 Å². The Morgan fingerprint density at radius 1 is 1.31 bits per heavy atom. The molecule has 16 heavy (non-hydrogen) atoms. The molecule has 4 heteroatoms. The van der Waals surface area contributed by atoms with Crippen molar-refractivity contribution in [2.45, 2.75) is 19.4 Å². The number of benzene rings is 1. The van der Waals surface area contributed by atoms with Gasteiger partial charge in [0.2, 0.25) is 0 Å². The highest BCUT2D eigenvalue weighted by Crippen LogP contribution is 2.18. The van der Waals surface area contributed by atoms with Gasteiger partial charge in [-0.15, -0.1) is 0 Å². The zero-order valence-corrected chi connectivity index (χ0v) is 9.35. The predicted molar refractivity (Wildman–Crippen MR) is 63.0 cm³/mol. The van der Waals surface area contributed by atoms with Crippen molar-refractivity contribution in [2.75, 3.05) is 6.54 Å². The molecule has 0 spiro atoms. The summed E-state index contributed by atoms with van der Waals surface area (Å²) in [7, 11) is 0. The molecule has 0 aliphatic carbocycles. The molecule has 84 valence electrons. The second-order valence-electron chi connectivity index (χ2n) is 3.69. The summed E-state index contributed by atoms with van der Waals surface area (Å²) in [6.07, 6.45) is 2.86. The number of hydrogen-bond donors (Lipinski definition) is 2. The number of hydrogen-bond acceptors (Lipinski definition) is 3. The average Bonchev–Trinajstić information content (AvgIpc) is 2.85. The second-order valence-corrected chi connectivity index (χ2v) is 3.69. The molecule has 1 heterocycles. The molecular weight excluding hydrogens is 200 g/mol. The monoisotopic (exact) mass is 216 g/mol. The zero-order valence-electron chi connectivity index (χ0n) is 9.35. The standard InChI is InChI=1S/C12H16N4/c1-2-8-13-12(11-9-14-16-15-11)10-6-4-3-5-7-10/h3-7,9,12-13H,2,8H2,1H3,(H,14,15,16). The number of nitrogens with zero attached hydrogens (tertiary/aromatic N) is 2. The fraction of sp³-hybridized carbons (Fsp3) is 0.333. The van der Waals surface area contributed by atoms with Gasteiger partial charge < -0.3 is 5.32 Å². The van der Waals surface area contributed by atoms with E-state index in [0.29, 0.717) is 0 Å². The zero-order chi connectivity index (χ0) is 11.2. The van der Waals surface area contributed by atoms with E-state index in [1.807, 2.05) is 18.2 Å². The molecule has 2 N–H and O–H groups in total. The van der Waals surface area contributed by atoms with Crippen LogP contribution >= 0.6 is 0 Å². The third kappa shape index (κ3) is 2.46. The Kier molecular flexibility index (Phi) is 3.66. The Morgan fingerprint density at radius 2 is 2.12 bits per heavy atom. The normalized spacial score (nSPS) is 12.6. The number of nitrogens with one attached hydrogen (secondary N) is 2. The topological polar surface area (TPSA) is 53.6 Å². The molecule has 0 aliphatic rings. The van der Waals surface area contributed by atoms with Crippen LogP contribution in [0.1, 0.15) is 30.6 Å². The first-order valence-corrected chi connectivity index (χ1v) is 5.56. The highest BCUT2D eigenvalue weighted by Gasteiger charge is 2.14.